The Morgan fingerprint density at radius 2 is 2.10 bits per heavy atom. The van der Waals surface area contributed by atoms with E-state index in [2.05, 4.69) is 38.3 Å². The van der Waals surface area contributed by atoms with Gasteiger partial charge >= 0.3 is 0 Å². The van der Waals surface area contributed by atoms with Crippen LogP contribution < -0.4 is 0 Å². The smallest absolute Gasteiger partial charge is 0.0160 e. The average molecular weight is 154 g/mol. The zero-order valence-electron chi connectivity index (χ0n) is 6.85. The summed E-state index contributed by atoms with van der Waals surface area (Å²) in [6, 6.07) is 0. The van der Waals surface area contributed by atoms with Crippen molar-refractivity contribution in [1.29, 1.82) is 0 Å². The van der Waals surface area contributed by atoms with Crippen molar-refractivity contribution in [3.8, 4) is 0 Å². The van der Waals surface area contributed by atoms with Gasteiger partial charge in [0, 0.05) is 5.75 Å². The van der Waals surface area contributed by atoms with E-state index in [9.17, 15) is 0 Å². The Morgan fingerprint density at radius 1 is 1.40 bits per heavy atom. The van der Waals surface area contributed by atoms with E-state index in [0.717, 1.165) is 5.75 Å². The molecule has 0 saturated carbocycles. The minimum atomic E-state index is 0.331. The summed E-state index contributed by atoms with van der Waals surface area (Å²) in [4.78, 5) is 0. The van der Waals surface area contributed by atoms with Crippen LogP contribution in [-0.4, -0.2) is 5.75 Å². The summed E-state index contributed by atoms with van der Waals surface area (Å²) in [6.07, 6.45) is 4.53. The number of rotatable bonds is 0. The van der Waals surface area contributed by atoms with Gasteiger partial charge in [-0.2, -0.15) is 0 Å². The Hall–Kier alpha value is -0.170. The normalized spacial score (nSPS) is 18.9. The van der Waals surface area contributed by atoms with Crippen LogP contribution in [0, 0.1) is 5.41 Å². The Bertz CT molecular complexity index is 170. The van der Waals surface area contributed by atoms with Crippen molar-refractivity contribution in [2.75, 3.05) is 5.75 Å². The molecule has 0 bridgehead atoms. The molecular formula is C9H14S. The fourth-order valence-corrected chi connectivity index (χ4v) is 1.57. The van der Waals surface area contributed by atoms with Gasteiger partial charge in [0.05, 0.1) is 0 Å². The highest BCUT2D eigenvalue weighted by Gasteiger charge is 2.14. The first kappa shape index (κ1) is 7.93. The number of thioether (sulfide) groups is 1. The van der Waals surface area contributed by atoms with Crippen molar-refractivity contribution >= 4 is 11.8 Å². The summed E-state index contributed by atoms with van der Waals surface area (Å²) in [5.41, 5.74) is 1.79. The summed E-state index contributed by atoms with van der Waals surface area (Å²) in [7, 11) is 0. The molecule has 0 fully saturated rings. The van der Waals surface area contributed by atoms with Crippen molar-refractivity contribution in [2.45, 2.75) is 20.8 Å². The zero-order valence-corrected chi connectivity index (χ0v) is 7.66. The van der Waals surface area contributed by atoms with E-state index in [-0.39, 0.29) is 0 Å². The average Bonchev–Trinajstić information content (AvgIpc) is 1.88. The third kappa shape index (κ3) is 1.91. The second-order valence-corrected chi connectivity index (χ2v) is 4.48. The Balaban J connectivity index is 2.73. The van der Waals surface area contributed by atoms with E-state index < -0.39 is 0 Å². The van der Waals surface area contributed by atoms with E-state index >= 15 is 0 Å². The second-order valence-electron chi connectivity index (χ2n) is 3.55. The van der Waals surface area contributed by atoms with E-state index in [1.807, 2.05) is 11.8 Å². The molecule has 0 aromatic carbocycles. The van der Waals surface area contributed by atoms with Crippen LogP contribution in [0.5, 0.6) is 0 Å². The summed E-state index contributed by atoms with van der Waals surface area (Å²) in [5.74, 6) is 1.14. The van der Waals surface area contributed by atoms with Gasteiger partial charge in [0.15, 0.2) is 0 Å². The van der Waals surface area contributed by atoms with Crippen LogP contribution >= 0.6 is 11.8 Å². The largest absolute Gasteiger partial charge is 0.130 e. The van der Waals surface area contributed by atoms with Gasteiger partial charge in [0.25, 0.3) is 0 Å². The Labute approximate surface area is 67.4 Å². The lowest BCUT2D eigenvalue weighted by Crippen LogP contribution is -2.08. The second kappa shape index (κ2) is 2.83. The first-order valence-corrected chi connectivity index (χ1v) is 4.64. The molecule has 0 aliphatic carbocycles. The van der Waals surface area contributed by atoms with Crippen LogP contribution in [0.1, 0.15) is 20.8 Å². The summed E-state index contributed by atoms with van der Waals surface area (Å²) >= 11 is 1.86. The fourth-order valence-electron chi connectivity index (χ4n) is 0.939. The minimum absolute atomic E-state index is 0.331. The predicted molar refractivity (Wildman–Crippen MR) is 49.1 cm³/mol. The lowest BCUT2D eigenvalue weighted by atomic mass is 9.86. The third-order valence-corrected chi connectivity index (χ3v) is 2.30. The third-order valence-electron chi connectivity index (χ3n) is 1.61. The molecule has 0 spiro atoms. The van der Waals surface area contributed by atoms with Crippen LogP contribution in [0.3, 0.4) is 0 Å². The first-order valence-electron chi connectivity index (χ1n) is 3.59. The minimum Gasteiger partial charge on any atom is -0.130 e. The Kier molecular flexibility index (Phi) is 2.24. The fraction of sp³-hybridized carbons (Fsp3) is 0.556. The van der Waals surface area contributed by atoms with Gasteiger partial charge in [-0.25, -0.2) is 0 Å². The maximum atomic E-state index is 2.31. The van der Waals surface area contributed by atoms with Crippen LogP contribution in [-0.2, 0) is 0 Å². The molecule has 0 aromatic rings. The summed E-state index contributed by atoms with van der Waals surface area (Å²) < 4.78 is 0. The quantitative estimate of drug-likeness (QED) is 0.516. The van der Waals surface area contributed by atoms with Gasteiger partial charge in [-0.05, 0) is 16.4 Å². The summed E-state index contributed by atoms with van der Waals surface area (Å²) in [5, 5.41) is 2.18. The van der Waals surface area contributed by atoms with Crippen LogP contribution in [0.25, 0.3) is 0 Å². The Morgan fingerprint density at radius 3 is 2.40 bits per heavy atom. The molecule has 1 rings (SSSR count). The highest BCUT2D eigenvalue weighted by Crippen LogP contribution is 2.29. The van der Waals surface area contributed by atoms with Crippen molar-refractivity contribution in [1.82, 2.24) is 0 Å². The molecular weight excluding hydrogens is 140 g/mol. The zero-order chi connectivity index (χ0) is 7.61. The van der Waals surface area contributed by atoms with Gasteiger partial charge in [0.1, 0.15) is 0 Å². The number of hydrogen-bond acceptors (Lipinski definition) is 1. The van der Waals surface area contributed by atoms with Crippen LogP contribution in [0.15, 0.2) is 23.1 Å². The molecule has 0 N–H and O–H groups in total. The predicted octanol–water partition coefficient (Wildman–Crippen LogP) is 3.22. The maximum Gasteiger partial charge on any atom is 0.0160 e. The molecule has 0 unspecified atom stereocenters. The molecule has 0 radical (unpaired) electrons. The highest BCUT2D eigenvalue weighted by atomic mass is 32.2. The van der Waals surface area contributed by atoms with Crippen molar-refractivity contribution in [2.24, 2.45) is 5.41 Å². The molecule has 1 heteroatoms. The SMILES string of the molecule is CC(C)(C)C1=CCSC=C1. The standard InChI is InChI=1S/C9H14S/c1-9(2,3)8-4-6-10-7-5-8/h4-6H,7H2,1-3H3. The lowest BCUT2D eigenvalue weighted by molar-refractivity contribution is 0.516. The van der Waals surface area contributed by atoms with Gasteiger partial charge in [-0.1, -0.05) is 32.9 Å². The molecule has 0 nitrogen and oxygen atoms in total. The molecule has 56 valence electrons. The number of hydrogen-bond donors (Lipinski definition) is 0. The van der Waals surface area contributed by atoms with Crippen molar-refractivity contribution < 1.29 is 0 Å². The molecule has 0 saturated heterocycles. The molecule has 0 atom stereocenters. The first-order chi connectivity index (χ1) is 4.61. The summed E-state index contributed by atoms with van der Waals surface area (Å²) in [6.45, 7) is 6.75. The van der Waals surface area contributed by atoms with Crippen LogP contribution in [0.2, 0.25) is 0 Å². The van der Waals surface area contributed by atoms with Crippen molar-refractivity contribution in [3.05, 3.63) is 23.1 Å². The van der Waals surface area contributed by atoms with E-state index in [0.29, 0.717) is 5.41 Å². The molecule has 0 aromatic heterocycles. The monoisotopic (exact) mass is 154 g/mol. The number of allylic oxidation sites excluding steroid dienone is 2. The molecule has 1 aliphatic heterocycles. The topological polar surface area (TPSA) is 0 Å². The highest BCUT2D eigenvalue weighted by molar-refractivity contribution is 8.02. The molecule has 1 heterocycles. The maximum absolute atomic E-state index is 2.31. The van der Waals surface area contributed by atoms with E-state index in [1.165, 1.54) is 5.57 Å². The van der Waals surface area contributed by atoms with Gasteiger partial charge in [0.2, 0.25) is 0 Å². The molecule has 1 aliphatic rings. The molecule has 10 heavy (non-hydrogen) atoms. The van der Waals surface area contributed by atoms with Gasteiger partial charge in [-0.3, -0.25) is 0 Å². The lowest BCUT2D eigenvalue weighted by Gasteiger charge is -2.21. The van der Waals surface area contributed by atoms with Crippen molar-refractivity contribution in [3.63, 3.8) is 0 Å². The van der Waals surface area contributed by atoms with E-state index in [1.54, 1.807) is 0 Å². The van der Waals surface area contributed by atoms with Crippen LogP contribution in [0.4, 0.5) is 0 Å². The molecule has 0 amide bonds. The van der Waals surface area contributed by atoms with Gasteiger partial charge < -0.3 is 0 Å². The van der Waals surface area contributed by atoms with Gasteiger partial charge in [-0.15, -0.1) is 11.8 Å². The van der Waals surface area contributed by atoms with E-state index in [4.69, 9.17) is 0 Å².